The van der Waals surface area contributed by atoms with Crippen molar-refractivity contribution < 1.29 is 4.79 Å². The molecule has 1 nitrogen and oxygen atoms in total. The highest BCUT2D eigenvalue weighted by Crippen LogP contribution is 2.12. The van der Waals surface area contributed by atoms with Gasteiger partial charge in [-0.25, -0.2) is 0 Å². The first-order valence-electron chi connectivity index (χ1n) is 4.85. The SMILES string of the molecule is C#CC(CC=C)=C(C=CCC)C(=O)C=C. The molecular formula is C14H16O. The molecule has 0 aliphatic heterocycles. The molecule has 78 valence electrons. The summed E-state index contributed by atoms with van der Waals surface area (Å²) in [6, 6.07) is 0. The van der Waals surface area contributed by atoms with Gasteiger partial charge >= 0.3 is 0 Å². The molecule has 0 heterocycles. The monoisotopic (exact) mass is 200 g/mol. The summed E-state index contributed by atoms with van der Waals surface area (Å²) >= 11 is 0. The summed E-state index contributed by atoms with van der Waals surface area (Å²) < 4.78 is 0. The van der Waals surface area contributed by atoms with E-state index in [1.165, 1.54) is 6.08 Å². The minimum atomic E-state index is -0.144. The molecule has 0 N–H and O–H groups in total. The quantitative estimate of drug-likeness (QED) is 0.278. The minimum Gasteiger partial charge on any atom is -0.289 e. The second-order valence-electron chi connectivity index (χ2n) is 2.91. The van der Waals surface area contributed by atoms with Crippen molar-refractivity contribution in [1.29, 1.82) is 0 Å². The number of allylic oxidation sites excluding steroid dienone is 6. The number of hydrogen-bond acceptors (Lipinski definition) is 1. The number of carbonyl (C=O) groups is 1. The molecule has 0 aliphatic rings. The Morgan fingerprint density at radius 3 is 2.53 bits per heavy atom. The lowest BCUT2D eigenvalue weighted by atomic mass is 10.0. The molecule has 0 aromatic heterocycles. The maximum absolute atomic E-state index is 11.5. The third-order valence-corrected chi connectivity index (χ3v) is 1.82. The zero-order valence-electron chi connectivity index (χ0n) is 9.12. The summed E-state index contributed by atoms with van der Waals surface area (Å²) in [5.74, 6) is 2.37. The molecule has 0 radical (unpaired) electrons. The van der Waals surface area contributed by atoms with Gasteiger partial charge in [0.2, 0.25) is 0 Å². The molecule has 0 saturated heterocycles. The first-order chi connectivity index (χ1) is 7.21. The Morgan fingerprint density at radius 1 is 1.47 bits per heavy atom. The second-order valence-corrected chi connectivity index (χ2v) is 2.91. The van der Waals surface area contributed by atoms with Crippen LogP contribution in [0.3, 0.4) is 0 Å². The predicted molar refractivity (Wildman–Crippen MR) is 65.3 cm³/mol. The van der Waals surface area contributed by atoms with E-state index in [0.29, 0.717) is 17.6 Å². The van der Waals surface area contributed by atoms with Crippen LogP contribution in [0, 0.1) is 12.3 Å². The molecule has 0 aliphatic carbocycles. The third kappa shape index (κ3) is 4.28. The van der Waals surface area contributed by atoms with Gasteiger partial charge in [0.05, 0.1) is 0 Å². The van der Waals surface area contributed by atoms with E-state index < -0.39 is 0 Å². The van der Waals surface area contributed by atoms with E-state index in [2.05, 4.69) is 19.1 Å². The van der Waals surface area contributed by atoms with Gasteiger partial charge in [-0.3, -0.25) is 4.79 Å². The lowest BCUT2D eigenvalue weighted by molar-refractivity contribution is -0.111. The highest BCUT2D eigenvalue weighted by Gasteiger charge is 2.06. The van der Waals surface area contributed by atoms with Crippen molar-refractivity contribution in [2.45, 2.75) is 19.8 Å². The molecule has 0 saturated carbocycles. The zero-order chi connectivity index (χ0) is 11.7. The third-order valence-electron chi connectivity index (χ3n) is 1.82. The normalized spacial score (nSPS) is 11.7. The number of ketones is 1. The Hall–Kier alpha value is -1.81. The van der Waals surface area contributed by atoms with Crippen LogP contribution in [0.4, 0.5) is 0 Å². The van der Waals surface area contributed by atoms with Crippen molar-refractivity contribution in [3.63, 3.8) is 0 Å². The van der Waals surface area contributed by atoms with Gasteiger partial charge < -0.3 is 0 Å². The highest BCUT2D eigenvalue weighted by molar-refractivity contribution is 6.06. The summed E-state index contributed by atoms with van der Waals surface area (Å²) in [6.07, 6.45) is 13.3. The maximum Gasteiger partial charge on any atom is 0.186 e. The fourth-order valence-corrected chi connectivity index (χ4v) is 1.07. The molecule has 0 fully saturated rings. The van der Waals surface area contributed by atoms with Crippen molar-refractivity contribution in [3.8, 4) is 12.3 Å². The van der Waals surface area contributed by atoms with Gasteiger partial charge in [-0.2, -0.15) is 0 Å². The van der Waals surface area contributed by atoms with Gasteiger partial charge in [-0.15, -0.1) is 13.0 Å². The molecule has 0 spiro atoms. The van der Waals surface area contributed by atoms with Crippen molar-refractivity contribution in [2.24, 2.45) is 0 Å². The van der Waals surface area contributed by atoms with Crippen LogP contribution in [0.1, 0.15) is 19.8 Å². The van der Waals surface area contributed by atoms with E-state index in [1.807, 2.05) is 13.0 Å². The van der Waals surface area contributed by atoms with E-state index in [-0.39, 0.29) is 5.78 Å². The van der Waals surface area contributed by atoms with Gasteiger partial charge in [-0.1, -0.05) is 37.7 Å². The topological polar surface area (TPSA) is 17.1 Å². The fourth-order valence-electron chi connectivity index (χ4n) is 1.07. The van der Waals surface area contributed by atoms with Crippen molar-refractivity contribution in [3.05, 3.63) is 48.6 Å². The zero-order valence-corrected chi connectivity index (χ0v) is 9.12. The molecule has 0 bridgehead atoms. The summed E-state index contributed by atoms with van der Waals surface area (Å²) in [5.41, 5.74) is 1.19. The molecule has 0 rings (SSSR count). The van der Waals surface area contributed by atoms with Crippen LogP contribution < -0.4 is 0 Å². The summed E-state index contributed by atoms with van der Waals surface area (Å²) in [4.78, 5) is 11.5. The van der Waals surface area contributed by atoms with Gasteiger partial charge in [0.1, 0.15) is 0 Å². The number of carbonyl (C=O) groups excluding carboxylic acids is 1. The van der Waals surface area contributed by atoms with E-state index in [9.17, 15) is 4.79 Å². The largest absolute Gasteiger partial charge is 0.289 e. The Balaban J connectivity index is 5.29. The van der Waals surface area contributed by atoms with Gasteiger partial charge in [0.25, 0.3) is 0 Å². The van der Waals surface area contributed by atoms with E-state index >= 15 is 0 Å². The van der Waals surface area contributed by atoms with Gasteiger partial charge in [0, 0.05) is 11.1 Å². The van der Waals surface area contributed by atoms with E-state index in [1.54, 1.807) is 12.2 Å². The molecule has 0 atom stereocenters. The molecule has 0 unspecified atom stereocenters. The van der Waals surface area contributed by atoms with Crippen LogP contribution in [0.5, 0.6) is 0 Å². The molecule has 1 heteroatoms. The molecule has 0 amide bonds. The molecular weight excluding hydrogens is 184 g/mol. The summed E-state index contributed by atoms with van der Waals surface area (Å²) in [5, 5.41) is 0. The van der Waals surface area contributed by atoms with Crippen LogP contribution in [-0.2, 0) is 4.79 Å². The Bertz CT molecular complexity index is 348. The van der Waals surface area contributed by atoms with Gasteiger partial charge in [0.15, 0.2) is 5.78 Å². The first-order valence-corrected chi connectivity index (χ1v) is 4.85. The van der Waals surface area contributed by atoms with Crippen LogP contribution in [0.25, 0.3) is 0 Å². The number of hydrogen-bond donors (Lipinski definition) is 0. The lowest BCUT2D eigenvalue weighted by Crippen LogP contribution is -1.99. The Morgan fingerprint density at radius 2 is 2.13 bits per heavy atom. The standard InChI is InChI=1S/C14H16O/c1-5-9-11-13(14(15)8-4)12(7-3)10-6-2/h3,6,8-9,11H,2,4-5,10H2,1H3. The average molecular weight is 200 g/mol. The fraction of sp³-hybridized carbons (Fsp3) is 0.214. The lowest BCUT2D eigenvalue weighted by Gasteiger charge is -2.01. The first kappa shape index (κ1) is 13.2. The average Bonchev–Trinajstić information content (AvgIpc) is 2.27. The number of rotatable bonds is 6. The van der Waals surface area contributed by atoms with Crippen LogP contribution in [0.2, 0.25) is 0 Å². The van der Waals surface area contributed by atoms with Gasteiger partial charge in [-0.05, 0) is 18.9 Å². The molecule has 15 heavy (non-hydrogen) atoms. The Kier molecular flexibility index (Phi) is 6.67. The molecule has 0 aromatic rings. The van der Waals surface area contributed by atoms with Crippen molar-refractivity contribution in [2.75, 3.05) is 0 Å². The summed E-state index contributed by atoms with van der Waals surface area (Å²) in [6.45, 7) is 9.06. The van der Waals surface area contributed by atoms with E-state index in [4.69, 9.17) is 6.42 Å². The second kappa shape index (κ2) is 7.58. The van der Waals surface area contributed by atoms with Crippen molar-refractivity contribution in [1.82, 2.24) is 0 Å². The smallest absolute Gasteiger partial charge is 0.186 e. The molecule has 0 aromatic carbocycles. The van der Waals surface area contributed by atoms with Crippen molar-refractivity contribution >= 4 is 5.78 Å². The van der Waals surface area contributed by atoms with Crippen LogP contribution >= 0.6 is 0 Å². The van der Waals surface area contributed by atoms with E-state index in [0.717, 1.165) is 6.42 Å². The highest BCUT2D eigenvalue weighted by atomic mass is 16.1. The number of terminal acetylenes is 1. The minimum absolute atomic E-state index is 0.144. The Labute approximate surface area is 91.9 Å². The maximum atomic E-state index is 11.5. The predicted octanol–water partition coefficient (Wildman–Crippen LogP) is 3.21. The van der Waals surface area contributed by atoms with Crippen LogP contribution in [0.15, 0.2) is 48.6 Å². The summed E-state index contributed by atoms with van der Waals surface area (Å²) in [7, 11) is 0. The van der Waals surface area contributed by atoms with Crippen LogP contribution in [-0.4, -0.2) is 5.78 Å².